The summed E-state index contributed by atoms with van der Waals surface area (Å²) in [6.07, 6.45) is 1.28. The van der Waals surface area contributed by atoms with Gasteiger partial charge in [0.2, 0.25) is 21.8 Å². The summed E-state index contributed by atoms with van der Waals surface area (Å²) in [5.41, 5.74) is 1.96. The van der Waals surface area contributed by atoms with Crippen LogP contribution in [0, 0.1) is 13.8 Å². The molecule has 2 amide bonds. The van der Waals surface area contributed by atoms with Crippen molar-refractivity contribution in [2.24, 2.45) is 0 Å². The summed E-state index contributed by atoms with van der Waals surface area (Å²) >= 11 is 0. The van der Waals surface area contributed by atoms with E-state index in [1.165, 1.54) is 8.99 Å². The molecule has 1 aromatic carbocycles. The van der Waals surface area contributed by atoms with Gasteiger partial charge in [-0.25, -0.2) is 8.42 Å². The highest BCUT2D eigenvalue weighted by Gasteiger charge is 2.32. The average Bonchev–Trinajstić information content (AvgIpc) is 3.31. The van der Waals surface area contributed by atoms with Gasteiger partial charge >= 0.3 is 0 Å². The van der Waals surface area contributed by atoms with E-state index in [9.17, 15) is 18.0 Å². The molecule has 1 aromatic heterocycles. The Morgan fingerprint density at radius 3 is 2.56 bits per heavy atom. The SMILES string of the molecule is Cc1nn(CC(=O)Nc2ccccc2N2CCCC2=O)c(C)c1S(=O)(=O)N1CCOCC1. The normalized spacial score (nSPS) is 17.7. The number of morpholine rings is 1. The van der Waals surface area contributed by atoms with Crippen LogP contribution in [0.25, 0.3) is 0 Å². The molecule has 2 fully saturated rings. The lowest BCUT2D eigenvalue weighted by Crippen LogP contribution is -2.41. The molecule has 10 nitrogen and oxygen atoms in total. The number of sulfonamides is 1. The second-order valence-electron chi connectivity index (χ2n) is 7.89. The van der Waals surface area contributed by atoms with E-state index in [0.717, 1.165) is 6.42 Å². The highest BCUT2D eigenvalue weighted by molar-refractivity contribution is 7.89. The molecular weight excluding hydrogens is 434 g/mol. The number of hydrogen-bond donors (Lipinski definition) is 1. The smallest absolute Gasteiger partial charge is 0.246 e. The highest BCUT2D eigenvalue weighted by atomic mass is 32.2. The summed E-state index contributed by atoms with van der Waals surface area (Å²) in [5.74, 6) is -0.326. The number of benzene rings is 1. The number of aryl methyl sites for hydroxylation is 1. The Morgan fingerprint density at radius 1 is 1.16 bits per heavy atom. The number of carbonyl (C=O) groups is 2. The van der Waals surface area contributed by atoms with E-state index in [2.05, 4.69) is 10.4 Å². The van der Waals surface area contributed by atoms with E-state index in [-0.39, 0.29) is 23.3 Å². The predicted octanol–water partition coefficient (Wildman–Crippen LogP) is 1.29. The number of anilines is 2. The van der Waals surface area contributed by atoms with Crippen molar-refractivity contribution in [1.82, 2.24) is 14.1 Å². The van der Waals surface area contributed by atoms with E-state index in [1.807, 2.05) is 6.07 Å². The van der Waals surface area contributed by atoms with E-state index in [4.69, 9.17) is 4.74 Å². The first kappa shape index (κ1) is 22.4. The van der Waals surface area contributed by atoms with Crippen molar-refractivity contribution in [2.75, 3.05) is 43.1 Å². The van der Waals surface area contributed by atoms with Crippen molar-refractivity contribution in [3.05, 3.63) is 35.7 Å². The maximum Gasteiger partial charge on any atom is 0.246 e. The molecule has 2 aliphatic rings. The topological polar surface area (TPSA) is 114 Å². The number of amides is 2. The molecule has 0 unspecified atom stereocenters. The van der Waals surface area contributed by atoms with Crippen molar-refractivity contribution in [1.29, 1.82) is 0 Å². The summed E-state index contributed by atoms with van der Waals surface area (Å²) in [7, 11) is -3.73. The Labute approximate surface area is 187 Å². The van der Waals surface area contributed by atoms with Gasteiger partial charge in [-0.05, 0) is 32.4 Å². The maximum atomic E-state index is 13.1. The Balaban J connectivity index is 1.53. The lowest BCUT2D eigenvalue weighted by molar-refractivity contribution is -0.118. The summed E-state index contributed by atoms with van der Waals surface area (Å²) in [4.78, 5) is 26.8. The largest absolute Gasteiger partial charge is 0.379 e. The number of hydrogen-bond acceptors (Lipinski definition) is 6. The van der Waals surface area contributed by atoms with E-state index in [1.54, 1.807) is 36.9 Å². The summed E-state index contributed by atoms with van der Waals surface area (Å²) in [5, 5.41) is 7.16. The molecule has 172 valence electrons. The minimum absolute atomic E-state index is 0.0307. The number of rotatable bonds is 6. The van der Waals surface area contributed by atoms with Crippen molar-refractivity contribution < 1.29 is 22.7 Å². The first-order valence-electron chi connectivity index (χ1n) is 10.6. The van der Waals surface area contributed by atoms with Crippen LogP contribution in [0.15, 0.2) is 29.2 Å². The van der Waals surface area contributed by atoms with Crippen LogP contribution in [-0.2, 0) is 30.9 Å². The third kappa shape index (κ3) is 4.27. The van der Waals surface area contributed by atoms with E-state index >= 15 is 0 Å². The maximum absolute atomic E-state index is 13.1. The van der Waals surface area contributed by atoms with Gasteiger partial charge in [0.05, 0.1) is 36.0 Å². The highest BCUT2D eigenvalue weighted by Crippen LogP contribution is 2.29. The number of ether oxygens (including phenoxy) is 1. The van der Waals surface area contributed by atoms with Gasteiger partial charge in [0.1, 0.15) is 11.4 Å². The molecule has 0 atom stereocenters. The molecule has 2 aliphatic heterocycles. The number of aromatic nitrogens is 2. The fourth-order valence-corrected chi connectivity index (χ4v) is 5.95. The van der Waals surface area contributed by atoms with Crippen molar-refractivity contribution in [2.45, 2.75) is 38.1 Å². The van der Waals surface area contributed by atoms with Gasteiger partial charge in [0.25, 0.3) is 0 Å². The molecule has 11 heteroatoms. The van der Waals surface area contributed by atoms with Crippen LogP contribution in [0.2, 0.25) is 0 Å². The summed E-state index contributed by atoms with van der Waals surface area (Å²) < 4.78 is 34.3. The second kappa shape index (κ2) is 9.00. The molecule has 2 saturated heterocycles. The first-order valence-corrected chi connectivity index (χ1v) is 12.0. The van der Waals surface area contributed by atoms with Gasteiger partial charge in [0.15, 0.2) is 0 Å². The van der Waals surface area contributed by atoms with Gasteiger partial charge in [-0.1, -0.05) is 12.1 Å². The monoisotopic (exact) mass is 461 g/mol. The molecule has 0 saturated carbocycles. The zero-order valence-corrected chi connectivity index (χ0v) is 19.0. The van der Waals surface area contributed by atoms with Crippen LogP contribution in [0.5, 0.6) is 0 Å². The third-order valence-electron chi connectivity index (χ3n) is 5.72. The van der Waals surface area contributed by atoms with Gasteiger partial charge < -0.3 is 15.0 Å². The van der Waals surface area contributed by atoms with Crippen LogP contribution in [0.3, 0.4) is 0 Å². The standard InChI is InChI=1S/C21H27N5O5S/c1-15-21(32(29,30)24-10-12-31-13-11-24)16(2)26(23-15)14-19(27)22-17-6-3-4-7-18(17)25-9-5-8-20(25)28/h3-4,6-7H,5,8-14H2,1-2H3,(H,22,27). The Morgan fingerprint density at radius 2 is 1.88 bits per heavy atom. The zero-order chi connectivity index (χ0) is 22.9. The second-order valence-corrected chi connectivity index (χ2v) is 9.76. The quantitative estimate of drug-likeness (QED) is 0.693. The van der Waals surface area contributed by atoms with Crippen molar-refractivity contribution in [3.63, 3.8) is 0 Å². The van der Waals surface area contributed by atoms with Crippen molar-refractivity contribution >= 4 is 33.2 Å². The van der Waals surface area contributed by atoms with Gasteiger partial charge in [-0.15, -0.1) is 0 Å². The molecule has 4 rings (SSSR count). The van der Waals surface area contributed by atoms with Gasteiger partial charge in [-0.3, -0.25) is 14.3 Å². The van der Waals surface area contributed by atoms with E-state index in [0.29, 0.717) is 62.0 Å². The summed E-state index contributed by atoms with van der Waals surface area (Å²) in [6, 6.07) is 7.15. The number of para-hydroxylation sites is 2. The molecule has 0 spiro atoms. The summed E-state index contributed by atoms with van der Waals surface area (Å²) in [6.45, 7) is 5.04. The van der Waals surface area contributed by atoms with Crippen LogP contribution in [0.4, 0.5) is 11.4 Å². The predicted molar refractivity (Wildman–Crippen MR) is 118 cm³/mol. The van der Waals surface area contributed by atoms with E-state index < -0.39 is 10.0 Å². The third-order valence-corrected chi connectivity index (χ3v) is 7.87. The fourth-order valence-electron chi connectivity index (χ4n) is 4.17. The minimum Gasteiger partial charge on any atom is -0.379 e. The number of carbonyl (C=O) groups excluding carboxylic acids is 2. The molecule has 2 aromatic rings. The minimum atomic E-state index is -3.73. The molecule has 0 radical (unpaired) electrons. The molecule has 3 heterocycles. The Kier molecular flexibility index (Phi) is 6.31. The van der Waals surface area contributed by atoms with Crippen LogP contribution >= 0.6 is 0 Å². The van der Waals surface area contributed by atoms with Crippen molar-refractivity contribution in [3.8, 4) is 0 Å². The molecule has 0 bridgehead atoms. The molecule has 1 N–H and O–H groups in total. The Hall–Kier alpha value is -2.76. The zero-order valence-electron chi connectivity index (χ0n) is 18.2. The van der Waals surface area contributed by atoms with Gasteiger partial charge in [0, 0.05) is 26.1 Å². The first-order chi connectivity index (χ1) is 15.3. The van der Waals surface area contributed by atoms with Crippen LogP contribution in [0.1, 0.15) is 24.2 Å². The lowest BCUT2D eigenvalue weighted by Gasteiger charge is -2.26. The number of nitrogens with zero attached hydrogens (tertiary/aromatic N) is 4. The van der Waals surface area contributed by atoms with Crippen LogP contribution < -0.4 is 10.2 Å². The Bertz CT molecular complexity index is 1140. The van der Waals surface area contributed by atoms with Crippen LogP contribution in [-0.4, -0.2) is 67.2 Å². The number of nitrogens with one attached hydrogen (secondary N) is 1. The molecule has 0 aliphatic carbocycles. The fraction of sp³-hybridized carbons (Fsp3) is 0.476. The van der Waals surface area contributed by atoms with Gasteiger partial charge in [-0.2, -0.15) is 9.40 Å². The molecule has 32 heavy (non-hydrogen) atoms. The molecular formula is C21H27N5O5S. The lowest BCUT2D eigenvalue weighted by atomic mass is 10.2. The average molecular weight is 462 g/mol.